The van der Waals surface area contributed by atoms with Crippen LogP contribution in [0.4, 0.5) is 0 Å². The van der Waals surface area contributed by atoms with Gasteiger partial charge in [-0.3, -0.25) is 4.79 Å². The van der Waals surface area contributed by atoms with Crippen LogP contribution in [0, 0.1) is 6.92 Å². The van der Waals surface area contributed by atoms with Crippen molar-refractivity contribution in [2.75, 3.05) is 27.3 Å². The predicted octanol–water partition coefficient (Wildman–Crippen LogP) is 1.75. The molecule has 6 nitrogen and oxygen atoms in total. The van der Waals surface area contributed by atoms with Crippen molar-refractivity contribution in [1.29, 1.82) is 0 Å². The van der Waals surface area contributed by atoms with Gasteiger partial charge in [-0.25, -0.2) is 4.68 Å². The van der Waals surface area contributed by atoms with Crippen LogP contribution >= 0.6 is 0 Å². The highest BCUT2D eigenvalue weighted by molar-refractivity contribution is 5.94. The molecule has 0 saturated heterocycles. The van der Waals surface area contributed by atoms with E-state index in [0.717, 1.165) is 36.2 Å². The van der Waals surface area contributed by atoms with E-state index in [2.05, 4.69) is 5.10 Å². The van der Waals surface area contributed by atoms with Crippen molar-refractivity contribution >= 4 is 5.91 Å². The molecule has 1 unspecified atom stereocenters. The number of rotatable bonds is 6. The van der Waals surface area contributed by atoms with Crippen LogP contribution in [-0.4, -0.2) is 59.1 Å². The Morgan fingerprint density at radius 2 is 2.08 bits per heavy atom. The molecule has 25 heavy (non-hydrogen) atoms. The molecule has 1 aliphatic carbocycles. The van der Waals surface area contributed by atoms with Gasteiger partial charge in [0, 0.05) is 32.0 Å². The minimum atomic E-state index is -0.703. The molecule has 0 saturated carbocycles. The number of aromatic nitrogens is 2. The van der Waals surface area contributed by atoms with Gasteiger partial charge in [-0.15, -0.1) is 0 Å². The lowest BCUT2D eigenvalue weighted by Crippen LogP contribution is -2.36. The summed E-state index contributed by atoms with van der Waals surface area (Å²) >= 11 is 0. The summed E-state index contributed by atoms with van der Waals surface area (Å²) in [5.74, 6) is -0.154. The van der Waals surface area contributed by atoms with Crippen LogP contribution in [0.5, 0.6) is 0 Å². The van der Waals surface area contributed by atoms with E-state index < -0.39 is 6.10 Å². The molecule has 1 atom stereocenters. The zero-order valence-corrected chi connectivity index (χ0v) is 15.0. The molecule has 1 N–H and O–H groups in total. The van der Waals surface area contributed by atoms with Crippen LogP contribution in [0.2, 0.25) is 0 Å². The fourth-order valence-corrected chi connectivity index (χ4v) is 3.33. The van der Waals surface area contributed by atoms with Crippen molar-refractivity contribution in [3.8, 4) is 5.69 Å². The number of aryl methyl sites for hydroxylation is 1. The predicted molar refractivity (Wildman–Crippen MR) is 95.2 cm³/mol. The number of amides is 1. The number of fused-ring (bicyclic) bond motifs is 1. The Morgan fingerprint density at radius 1 is 1.36 bits per heavy atom. The van der Waals surface area contributed by atoms with Gasteiger partial charge < -0.3 is 14.7 Å². The summed E-state index contributed by atoms with van der Waals surface area (Å²) in [6.07, 6.45) is 2.14. The lowest BCUT2D eigenvalue weighted by atomic mass is 10.1. The minimum Gasteiger partial charge on any atom is -0.389 e. The van der Waals surface area contributed by atoms with Gasteiger partial charge in [-0.1, -0.05) is 17.7 Å². The monoisotopic (exact) mass is 343 g/mol. The first-order valence-electron chi connectivity index (χ1n) is 8.61. The molecular weight excluding hydrogens is 318 g/mol. The summed E-state index contributed by atoms with van der Waals surface area (Å²) in [6.45, 7) is 2.47. The number of aliphatic hydroxyl groups is 1. The third-order valence-corrected chi connectivity index (χ3v) is 4.60. The van der Waals surface area contributed by atoms with E-state index in [-0.39, 0.29) is 19.1 Å². The molecule has 1 aromatic heterocycles. The van der Waals surface area contributed by atoms with E-state index in [0.29, 0.717) is 5.69 Å². The fourth-order valence-electron chi connectivity index (χ4n) is 3.33. The smallest absolute Gasteiger partial charge is 0.274 e. The van der Waals surface area contributed by atoms with Crippen molar-refractivity contribution < 1.29 is 14.6 Å². The van der Waals surface area contributed by atoms with Gasteiger partial charge in [0.1, 0.15) is 0 Å². The third-order valence-electron chi connectivity index (χ3n) is 4.60. The number of hydrogen-bond acceptors (Lipinski definition) is 4. The SMILES string of the molecule is COCC(O)CN(C)C(=O)c1nn(-c2ccc(C)cc2)c2c1CCC2. The normalized spacial score (nSPS) is 14.4. The number of nitrogens with zero attached hydrogens (tertiary/aromatic N) is 3. The summed E-state index contributed by atoms with van der Waals surface area (Å²) in [6, 6.07) is 8.16. The molecule has 1 aliphatic rings. The van der Waals surface area contributed by atoms with Gasteiger partial charge in [-0.2, -0.15) is 5.10 Å². The Hall–Kier alpha value is -2.18. The van der Waals surface area contributed by atoms with Crippen molar-refractivity contribution in [2.45, 2.75) is 32.3 Å². The molecule has 2 aromatic rings. The first-order chi connectivity index (χ1) is 12.0. The second-order valence-corrected chi connectivity index (χ2v) is 6.67. The summed E-state index contributed by atoms with van der Waals surface area (Å²) in [5.41, 5.74) is 4.83. The number of methoxy groups -OCH3 is 1. The maximum absolute atomic E-state index is 12.8. The third kappa shape index (κ3) is 3.60. The summed E-state index contributed by atoms with van der Waals surface area (Å²) < 4.78 is 6.83. The Kier molecular flexibility index (Phi) is 5.20. The maximum atomic E-state index is 12.8. The molecule has 0 radical (unpaired) electrons. The zero-order valence-electron chi connectivity index (χ0n) is 15.0. The van der Waals surface area contributed by atoms with E-state index in [9.17, 15) is 9.90 Å². The molecule has 0 fully saturated rings. The molecule has 0 bridgehead atoms. The van der Waals surface area contributed by atoms with Crippen molar-refractivity contribution in [3.63, 3.8) is 0 Å². The highest BCUT2D eigenvalue weighted by Gasteiger charge is 2.29. The van der Waals surface area contributed by atoms with Gasteiger partial charge in [-0.05, 0) is 38.3 Å². The Balaban J connectivity index is 1.88. The van der Waals surface area contributed by atoms with Gasteiger partial charge in [0.15, 0.2) is 5.69 Å². The molecule has 0 spiro atoms. The van der Waals surface area contributed by atoms with E-state index in [4.69, 9.17) is 4.74 Å². The van der Waals surface area contributed by atoms with E-state index in [1.54, 1.807) is 7.05 Å². The number of carbonyl (C=O) groups is 1. The second-order valence-electron chi connectivity index (χ2n) is 6.67. The standard InChI is InChI=1S/C19H25N3O3/c1-13-7-9-14(10-8-13)22-17-6-4-5-16(17)18(20-22)19(24)21(2)11-15(23)12-25-3/h7-10,15,23H,4-6,11-12H2,1-3H3. The van der Waals surface area contributed by atoms with Crippen LogP contribution in [-0.2, 0) is 17.6 Å². The Labute approximate surface area is 148 Å². The first kappa shape index (κ1) is 17.6. The van der Waals surface area contributed by atoms with Crippen LogP contribution in [0.15, 0.2) is 24.3 Å². The quantitative estimate of drug-likeness (QED) is 0.868. The highest BCUT2D eigenvalue weighted by atomic mass is 16.5. The summed E-state index contributed by atoms with van der Waals surface area (Å²) in [5, 5.41) is 14.5. The number of aliphatic hydroxyl groups excluding tert-OH is 1. The van der Waals surface area contributed by atoms with E-state index in [1.807, 2.05) is 35.9 Å². The number of benzene rings is 1. The average molecular weight is 343 g/mol. The van der Waals surface area contributed by atoms with Crippen LogP contribution in [0.3, 0.4) is 0 Å². The van der Waals surface area contributed by atoms with Gasteiger partial charge in [0.05, 0.1) is 18.4 Å². The van der Waals surface area contributed by atoms with Crippen molar-refractivity contribution in [3.05, 3.63) is 46.8 Å². The second kappa shape index (κ2) is 7.37. The molecule has 1 amide bonds. The number of ether oxygens (including phenoxy) is 1. The Bertz CT molecular complexity index is 752. The van der Waals surface area contributed by atoms with Gasteiger partial charge in [0.25, 0.3) is 5.91 Å². The largest absolute Gasteiger partial charge is 0.389 e. The van der Waals surface area contributed by atoms with Crippen molar-refractivity contribution in [2.24, 2.45) is 0 Å². The van der Waals surface area contributed by atoms with Gasteiger partial charge >= 0.3 is 0 Å². The van der Waals surface area contributed by atoms with Crippen LogP contribution < -0.4 is 0 Å². The molecule has 3 rings (SSSR count). The first-order valence-corrected chi connectivity index (χ1v) is 8.61. The topological polar surface area (TPSA) is 67.6 Å². The summed E-state index contributed by atoms with van der Waals surface area (Å²) in [7, 11) is 3.22. The fraction of sp³-hybridized carbons (Fsp3) is 0.474. The van der Waals surface area contributed by atoms with Crippen LogP contribution in [0.1, 0.15) is 33.7 Å². The molecule has 1 heterocycles. The lowest BCUT2D eigenvalue weighted by molar-refractivity contribution is 0.0377. The number of likely N-dealkylation sites (N-methyl/N-ethyl adjacent to an activating group) is 1. The Morgan fingerprint density at radius 3 is 2.76 bits per heavy atom. The van der Waals surface area contributed by atoms with Crippen LogP contribution in [0.25, 0.3) is 5.69 Å². The van der Waals surface area contributed by atoms with E-state index >= 15 is 0 Å². The number of carbonyl (C=O) groups excluding carboxylic acids is 1. The molecule has 6 heteroatoms. The molecule has 1 aromatic carbocycles. The molecular formula is C19H25N3O3. The average Bonchev–Trinajstić information content (AvgIpc) is 3.17. The molecule has 134 valence electrons. The van der Waals surface area contributed by atoms with Gasteiger partial charge in [0.2, 0.25) is 0 Å². The zero-order chi connectivity index (χ0) is 18.0. The summed E-state index contributed by atoms with van der Waals surface area (Å²) in [4.78, 5) is 14.4. The van der Waals surface area contributed by atoms with E-state index in [1.165, 1.54) is 17.6 Å². The minimum absolute atomic E-state index is 0.154. The maximum Gasteiger partial charge on any atom is 0.274 e. The lowest BCUT2D eigenvalue weighted by Gasteiger charge is -2.20. The highest BCUT2D eigenvalue weighted by Crippen LogP contribution is 2.28. The molecule has 0 aliphatic heterocycles. The van der Waals surface area contributed by atoms with Crippen molar-refractivity contribution in [1.82, 2.24) is 14.7 Å². The number of hydrogen-bond donors (Lipinski definition) is 1.